The highest BCUT2D eigenvalue weighted by Crippen LogP contribution is 2.28. The Kier molecular flexibility index (Phi) is 3.57. The standard InChI is InChI=1S/C16H14N4O2/c1-10-4-5-15(21)12(7-10)13-8-14(20-19-13)16(22)18-11-3-2-6-17-9-11/h2-9,21H,1H3,(H,18,22)(H,19,20). The van der Waals surface area contributed by atoms with Gasteiger partial charge in [-0.2, -0.15) is 5.10 Å². The lowest BCUT2D eigenvalue weighted by Gasteiger charge is -2.02. The lowest BCUT2D eigenvalue weighted by Crippen LogP contribution is -2.12. The van der Waals surface area contributed by atoms with Crippen molar-refractivity contribution < 1.29 is 9.90 Å². The summed E-state index contributed by atoms with van der Waals surface area (Å²) >= 11 is 0. The normalized spacial score (nSPS) is 10.4. The van der Waals surface area contributed by atoms with Gasteiger partial charge in [-0.05, 0) is 37.3 Å². The molecule has 1 aromatic carbocycles. The molecule has 0 saturated carbocycles. The number of aryl methyl sites for hydroxylation is 1. The van der Waals surface area contributed by atoms with Crippen LogP contribution in [0.4, 0.5) is 5.69 Å². The van der Waals surface area contributed by atoms with Crippen LogP contribution in [0.3, 0.4) is 0 Å². The average Bonchev–Trinajstić information content (AvgIpc) is 3.00. The molecule has 0 radical (unpaired) electrons. The number of nitrogens with one attached hydrogen (secondary N) is 2. The molecule has 1 amide bonds. The van der Waals surface area contributed by atoms with Gasteiger partial charge in [0.2, 0.25) is 0 Å². The van der Waals surface area contributed by atoms with E-state index >= 15 is 0 Å². The fourth-order valence-electron chi connectivity index (χ4n) is 2.07. The Morgan fingerprint density at radius 3 is 2.91 bits per heavy atom. The number of hydrogen-bond donors (Lipinski definition) is 3. The van der Waals surface area contributed by atoms with E-state index in [0.29, 0.717) is 22.6 Å². The number of aromatic hydroxyl groups is 1. The van der Waals surface area contributed by atoms with E-state index in [1.165, 1.54) is 0 Å². The van der Waals surface area contributed by atoms with Crippen molar-refractivity contribution in [2.24, 2.45) is 0 Å². The Morgan fingerprint density at radius 1 is 1.27 bits per heavy atom. The number of hydrogen-bond acceptors (Lipinski definition) is 4. The Bertz CT molecular complexity index is 812. The molecule has 0 atom stereocenters. The van der Waals surface area contributed by atoms with Crippen molar-refractivity contribution in [1.82, 2.24) is 15.2 Å². The van der Waals surface area contributed by atoms with Crippen LogP contribution in [0, 0.1) is 6.92 Å². The molecule has 2 aromatic heterocycles. The highest BCUT2D eigenvalue weighted by Gasteiger charge is 2.13. The molecule has 0 fully saturated rings. The summed E-state index contributed by atoms with van der Waals surface area (Å²) in [4.78, 5) is 16.1. The van der Waals surface area contributed by atoms with Gasteiger partial charge in [-0.1, -0.05) is 11.6 Å². The number of phenols is 1. The van der Waals surface area contributed by atoms with E-state index < -0.39 is 0 Å². The summed E-state index contributed by atoms with van der Waals surface area (Å²) in [5, 5.41) is 19.4. The van der Waals surface area contributed by atoms with Crippen molar-refractivity contribution in [3.05, 3.63) is 60.0 Å². The Labute approximate surface area is 126 Å². The minimum Gasteiger partial charge on any atom is -0.507 e. The molecule has 0 spiro atoms. The number of carbonyl (C=O) groups is 1. The van der Waals surface area contributed by atoms with E-state index in [9.17, 15) is 9.90 Å². The van der Waals surface area contributed by atoms with E-state index in [1.807, 2.05) is 19.1 Å². The van der Waals surface area contributed by atoms with Gasteiger partial charge in [0.15, 0.2) is 0 Å². The van der Waals surface area contributed by atoms with Crippen molar-refractivity contribution >= 4 is 11.6 Å². The third kappa shape index (κ3) is 2.80. The summed E-state index contributed by atoms with van der Waals surface area (Å²) in [7, 11) is 0. The molecule has 0 aliphatic heterocycles. The molecule has 3 N–H and O–H groups in total. The highest BCUT2D eigenvalue weighted by atomic mass is 16.3. The SMILES string of the molecule is Cc1ccc(O)c(-c2cc(C(=O)Nc3cccnc3)[nH]n2)c1. The van der Waals surface area contributed by atoms with Crippen LogP contribution >= 0.6 is 0 Å². The molecule has 0 unspecified atom stereocenters. The molecule has 0 saturated heterocycles. The third-order valence-electron chi connectivity index (χ3n) is 3.17. The molecule has 0 aliphatic carbocycles. The molecule has 0 bridgehead atoms. The number of phenolic OH excluding ortho intramolecular Hbond substituents is 1. The van der Waals surface area contributed by atoms with Crippen LogP contribution in [0.2, 0.25) is 0 Å². The van der Waals surface area contributed by atoms with Gasteiger partial charge in [-0.15, -0.1) is 0 Å². The predicted molar refractivity (Wildman–Crippen MR) is 82.6 cm³/mol. The van der Waals surface area contributed by atoms with Crippen molar-refractivity contribution in [1.29, 1.82) is 0 Å². The summed E-state index contributed by atoms with van der Waals surface area (Å²) in [6.45, 7) is 1.92. The first-order valence-electron chi connectivity index (χ1n) is 6.70. The number of carbonyl (C=O) groups excluding carboxylic acids is 1. The van der Waals surface area contributed by atoms with Gasteiger partial charge in [-0.3, -0.25) is 14.9 Å². The van der Waals surface area contributed by atoms with Crippen LogP contribution in [0.25, 0.3) is 11.3 Å². The maximum absolute atomic E-state index is 12.1. The first kappa shape index (κ1) is 13.8. The number of aromatic nitrogens is 3. The van der Waals surface area contributed by atoms with Crippen LogP contribution in [-0.4, -0.2) is 26.2 Å². The largest absolute Gasteiger partial charge is 0.507 e. The monoisotopic (exact) mass is 294 g/mol. The predicted octanol–water partition coefficient (Wildman–Crippen LogP) is 2.74. The van der Waals surface area contributed by atoms with Crippen LogP contribution in [0.5, 0.6) is 5.75 Å². The van der Waals surface area contributed by atoms with Gasteiger partial charge < -0.3 is 10.4 Å². The van der Waals surface area contributed by atoms with E-state index in [2.05, 4.69) is 20.5 Å². The van der Waals surface area contributed by atoms with Crippen molar-refractivity contribution in [3.63, 3.8) is 0 Å². The third-order valence-corrected chi connectivity index (χ3v) is 3.17. The first-order valence-corrected chi connectivity index (χ1v) is 6.70. The number of anilines is 1. The van der Waals surface area contributed by atoms with Gasteiger partial charge in [-0.25, -0.2) is 0 Å². The second kappa shape index (κ2) is 5.69. The number of aromatic amines is 1. The minimum absolute atomic E-state index is 0.122. The number of rotatable bonds is 3. The molecule has 3 rings (SSSR count). The maximum atomic E-state index is 12.1. The lowest BCUT2D eigenvalue weighted by molar-refractivity contribution is 0.102. The number of H-pyrrole nitrogens is 1. The Hall–Kier alpha value is -3.15. The zero-order valence-corrected chi connectivity index (χ0v) is 11.9. The van der Waals surface area contributed by atoms with Gasteiger partial charge in [0.1, 0.15) is 11.4 Å². The summed E-state index contributed by atoms with van der Waals surface area (Å²) in [5.41, 5.74) is 2.99. The van der Waals surface area contributed by atoms with Gasteiger partial charge in [0.05, 0.1) is 17.6 Å². The fourth-order valence-corrected chi connectivity index (χ4v) is 2.07. The maximum Gasteiger partial charge on any atom is 0.273 e. The summed E-state index contributed by atoms with van der Waals surface area (Å²) in [5.74, 6) is -0.199. The van der Waals surface area contributed by atoms with Gasteiger partial charge in [0.25, 0.3) is 5.91 Å². The minimum atomic E-state index is -0.320. The van der Waals surface area contributed by atoms with E-state index in [1.54, 1.807) is 36.7 Å². The van der Waals surface area contributed by atoms with E-state index in [4.69, 9.17) is 0 Å². The van der Waals surface area contributed by atoms with Crippen LogP contribution < -0.4 is 5.32 Å². The Balaban J connectivity index is 1.84. The number of pyridine rings is 1. The van der Waals surface area contributed by atoms with Gasteiger partial charge in [0, 0.05) is 11.8 Å². The van der Waals surface area contributed by atoms with E-state index in [-0.39, 0.29) is 11.7 Å². The molecule has 22 heavy (non-hydrogen) atoms. The lowest BCUT2D eigenvalue weighted by atomic mass is 10.1. The number of amides is 1. The Morgan fingerprint density at radius 2 is 2.14 bits per heavy atom. The zero-order chi connectivity index (χ0) is 15.5. The van der Waals surface area contributed by atoms with Crippen LogP contribution in [0.15, 0.2) is 48.8 Å². The molecular weight excluding hydrogens is 280 g/mol. The molecule has 6 heteroatoms. The van der Waals surface area contributed by atoms with Crippen molar-refractivity contribution in [3.8, 4) is 17.0 Å². The topological polar surface area (TPSA) is 90.9 Å². The molecule has 3 aromatic rings. The fraction of sp³-hybridized carbons (Fsp3) is 0.0625. The molecule has 6 nitrogen and oxygen atoms in total. The van der Waals surface area contributed by atoms with Gasteiger partial charge >= 0.3 is 0 Å². The number of nitrogens with zero attached hydrogens (tertiary/aromatic N) is 2. The molecule has 110 valence electrons. The van der Waals surface area contributed by atoms with Crippen LogP contribution in [-0.2, 0) is 0 Å². The first-order chi connectivity index (χ1) is 10.6. The molecule has 2 heterocycles. The number of benzene rings is 1. The second-order valence-electron chi connectivity index (χ2n) is 4.88. The second-order valence-corrected chi connectivity index (χ2v) is 4.88. The smallest absolute Gasteiger partial charge is 0.273 e. The summed E-state index contributed by atoms with van der Waals surface area (Å²) in [6, 6.07) is 10.3. The summed E-state index contributed by atoms with van der Waals surface area (Å²) < 4.78 is 0. The van der Waals surface area contributed by atoms with Crippen LogP contribution in [0.1, 0.15) is 16.1 Å². The average molecular weight is 294 g/mol. The zero-order valence-electron chi connectivity index (χ0n) is 11.9. The van der Waals surface area contributed by atoms with Crippen molar-refractivity contribution in [2.75, 3.05) is 5.32 Å². The summed E-state index contributed by atoms with van der Waals surface area (Å²) in [6.07, 6.45) is 3.19. The highest BCUT2D eigenvalue weighted by molar-refractivity contribution is 6.03. The molecular formula is C16H14N4O2. The quantitative estimate of drug-likeness (QED) is 0.692. The van der Waals surface area contributed by atoms with Crippen molar-refractivity contribution in [2.45, 2.75) is 6.92 Å². The van der Waals surface area contributed by atoms with E-state index in [0.717, 1.165) is 5.56 Å². The molecule has 0 aliphatic rings.